The SMILES string of the molecule is CN(C)c1ccc(C23C4CC5C(C42)C53c2cc[nH+]cc2)cc1. The molecule has 1 heterocycles. The molecule has 0 radical (unpaired) electrons. The van der Waals surface area contributed by atoms with E-state index in [1.165, 1.54) is 12.1 Å². The van der Waals surface area contributed by atoms with Crippen molar-refractivity contribution in [1.82, 2.24) is 0 Å². The molecule has 0 aliphatic heterocycles. The van der Waals surface area contributed by atoms with Crippen molar-refractivity contribution in [2.45, 2.75) is 17.3 Å². The Morgan fingerprint density at radius 2 is 1.41 bits per heavy atom. The van der Waals surface area contributed by atoms with Gasteiger partial charge < -0.3 is 4.90 Å². The second-order valence-electron chi connectivity index (χ2n) is 7.97. The van der Waals surface area contributed by atoms with Crippen LogP contribution in [0.2, 0.25) is 0 Å². The van der Waals surface area contributed by atoms with E-state index in [0.717, 1.165) is 23.7 Å². The van der Waals surface area contributed by atoms with Crippen LogP contribution >= 0.6 is 0 Å². The molecular weight excluding hydrogens is 268 g/mol. The number of benzene rings is 1. The quantitative estimate of drug-likeness (QED) is 0.849. The first-order chi connectivity index (χ1) is 10.7. The average molecular weight is 289 g/mol. The van der Waals surface area contributed by atoms with Gasteiger partial charge in [0.25, 0.3) is 0 Å². The highest BCUT2D eigenvalue weighted by Crippen LogP contribution is 3.03. The minimum Gasteiger partial charge on any atom is -0.378 e. The molecule has 6 atom stereocenters. The molecule has 110 valence electrons. The van der Waals surface area contributed by atoms with Crippen LogP contribution < -0.4 is 9.88 Å². The molecule has 2 bridgehead atoms. The number of nitrogens with zero attached hydrogens (tertiary/aromatic N) is 1. The molecule has 22 heavy (non-hydrogen) atoms. The fourth-order valence-electron chi connectivity index (χ4n) is 7.04. The summed E-state index contributed by atoms with van der Waals surface area (Å²) in [5.74, 6) is 3.93. The van der Waals surface area contributed by atoms with Crippen molar-refractivity contribution in [2.24, 2.45) is 23.7 Å². The maximum Gasteiger partial charge on any atom is 0.167 e. The summed E-state index contributed by atoms with van der Waals surface area (Å²) in [6.45, 7) is 0. The monoisotopic (exact) mass is 289 g/mol. The summed E-state index contributed by atoms with van der Waals surface area (Å²) in [6, 6.07) is 14.1. The molecule has 5 saturated carbocycles. The van der Waals surface area contributed by atoms with Crippen molar-refractivity contribution >= 4 is 5.69 Å². The molecule has 1 aromatic carbocycles. The van der Waals surface area contributed by atoms with Crippen LogP contribution in [0, 0.1) is 23.7 Å². The highest BCUT2D eigenvalue weighted by Gasteiger charge is 3.04. The molecule has 6 unspecified atom stereocenters. The topological polar surface area (TPSA) is 17.4 Å². The van der Waals surface area contributed by atoms with Crippen LogP contribution in [0.5, 0.6) is 0 Å². The lowest BCUT2D eigenvalue weighted by atomic mass is 9.65. The number of nitrogens with one attached hydrogen (secondary N) is 1. The molecular formula is C20H21N2+. The van der Waals surface area contributed by atoms with Gasteiger partial charge in [-0.05, 0) is 53.4 Å². The highest BCUT2D eigenvalue weighted by molar-refractivity contribution is 5.69. The van der Waals surface area contributed by atoms with Gasteiger partial charge in [-0.2, -0.15) is 0 Å². The predicted molar refractivity (Wildman–Crippen MR) is 85.7 cm³/mol. The molecule has 0 amide bonds. The van der Waals surface area contributed by atoms with Crippen molar-refractivity contribution in [2.75, 3.05) is 19.0 Å². The normalized spacial score (nSPS) is 45.0. The van der Waals surface area contributed by atoms with E-state index >= 15 is 0 Å². The van der Waals surface area contributed by atoms with Crippen LogP contribution in [0.3, 0.4) is 0 Å². The van der Waals surface area contributed by atoms with E-state index in [1.54, 1.807) is 11.1 Å². The lowest BCUT2D eigenvalue weighted by molar-refractivity contribution is -0.378. The Morgan fingerprint density at radius 1 is 0.864 bits per heavy atom. The smallest absolute Gasteiger partial charge is 0.167 e. The third-order valence-corrected chi connectivity index (χ3v) is 7.51. The van der Waals surface area contributed by atoms with E-state index in [1.807, 2.05) is 0 Å². The number of rotatable bonds is 3. The number of hydrogen-bond donors (Lipinski definition) is 0. The van der Waals surface area contributed by atoms with E-state index in [9.17, 15) is 0 Å². The fraction of sp³-hybridized carbons (Fsp3) is 0.450. The molecule has 0 spiro atoms. The Hall–Kier alpha value is -1.83. The first-order valence-electron chi connectivity index (χ1n) is 8.48. The molecule has 2 heteroatoms. The van der Waals surface area contributed by atoms with Crippen molar-refractivity contribution in [1.29, 1.82) is 0 Å². The van der Waals surface area contributed by atoms with Crippen LogP contribution in [-0.2, 0) is 10.8 Å². The molecule has 1 N–H and O–H groups in total. The van der Waals surface area contributed by atoms with Gasteiger partial charge in [-0.1, -0.05) is 12.1 Å². The van der Waals surface area contributed by atoms with E-state index in [4.69, 9.17) is 0 Å². The standard InChI is InChI=1S/C20H20N2/c1-22(2)14-5-3-12(4-6-14)19-15-11-16-18(17(15)19)20(16,19)13-7-9-21-10-8-13/h3-10,15-18H,11H2,1-2H3/p+1. The van der Waals surface area contributed by atoms with Crippen molar-refractivity contribution < 1.29 is 4.98 Å². The van der Waals surface area contributed by atoms with Crippen LogP contribution in [-0.4, -0.2) is 14.1 Å². The molecule has 1 aromatic heterocycles. The summed E-state index contributed by atoms with van der Waals surface area (Å²) < 4.78 is 0. The Kier molecular flexibility index (Phi) is 1.73. The maximum atomic E-state index is 3.20. The average Bonchev–Trinajstić information content (AvgIpc) is 3.19. The Balaban J connectivity index is 1.48. The van der Waals surface area contributed by atoms with Crippen molar-refractivity contribution in [3.63, 3.8) is 0 Å². The minimum absolute atomic E-state index is 0.495. The van der Waals surface area contributed by atoms with Gasteiger partial charge in [0.2, 0.25) is 0 Å². The van der Waals surface area contributed by atoms with Crippen molar-refractivity contribution in [3.05, 3.63) is 59.9 Å². The molecule has 5 aliphatic rings. The summed E-state index contributed by atoms with van der Waals surface area (Å²) in [7, 11) is 4.23. The largest absolute Gasteiger partial charge is 0.378 e. The highest BCUT2D eigenvalue weighted by atomic mass is 15.1. The second-order valence-corrected chi connectivity index (χ2v) is 7.97. The van der Waals surface area contributed by atoms with Gasteiger partial charge in [0.15, 0.2) is 12.4 Å². The minimum atomic E-state index is 0.495. The molecule has 7 rings (SSSR count). The van der Waals surface area contributed by atoms with Gasteiger partial charge in [0, 0.05) is 42.7 Å². The molecule has 0 saturated heterocycles. The lowest BCUT2D eigenvalue weighted by Gasteiger charge is -2.37. The summed E-state index contributed by atoms with van der Waals surface area (Å²) in [4.78, 5) is 5.38. The maximum absolute atomic E-state index is 3.20. The first-order valence-corrected chi connectivity index (χ1v) is 8.48. The Labute approximate surface area is 131 Å². The fourth-order valence-corrected chi connectivity index (χ4v) is 7.04. The number of anilines is 1. The molecule has 5 aliphatic carbocycles. The van der Waals surface area contributed by atoms with Crippen LogP contribution in [0.4, 0.5) is 5.69 Å². The van der Waals surface area contributed by atoms with Crippen LogP contribution in [0.15, 0.2) is 48.8 Å². The Morgan fingerprint density at radius 3 is 1.91 bits per heavy atom. The molecule has 5 fully saturated rings. The third kappa shape index (κ3) is 0.899. The lowest BCUT2D eigenvalue weighted by Crippen LogP contribution is -2.39. The van der Waals surface area contributed by atoms with Gasteiger partial charge in [-0.15, -0.1) is 0 Å². The van der Waals surface area contributed by atoms with E-state index < -0.39 is 0 Å². The molecule has 2 nitrogen and oxygen atoms in total. The predicted octanol–water partition coefficient (Wildman–Crippen LogP) is 2.65. The summed E-state index contributed by atoms with van der Waals surface area (Å²) in [5, 5.41) is 0. The number of aromatic nitrogens is 1. The van der Waals surface area contributed by atoms with E-state index in [2.05, 4.69) is 72.8 Å². The number of H-pyrrole nitrogens is 1. The van der Waals surface area contributed by atoms with Crippen LogP contribution in [0.1, 0.15) is 17.5 Å². The van der Waals surface area contributed by atoms with E-state index in [0.29, 0.717) is 10.8 Å². The van der Waals surface area contributed by atoms with Crippen molar-refractivity contribution in [3.8, 4) is 0 Å². The van der Waals surface area contributed by atoms with Gasteiger partial charge in [0.05, 0.1) is 0 Å². The van der Waals surface area contributed by atoms with Gasteiger partial charge >= 0.3 is 0 Å². The third-order valence-electron chi connectivity index (χ3n) is 7.51. The van der Waals surface area contributed by atoms with Gasteiger partial charge in [-0.25, -0.2) is 4.98 Å². The number of aromatic amines is 1. The van der Waals surface area contributed by atoms with Crippen LogP contribution in [0.25, 0.3) is 0 Å². The summed E-state index contributed by atoms with van der Waals surface area (Å²) in [5.41, 5.74) is 5.50. The zero-order valence-corrected chi connectivity index (χ0v) is 13.1. The first kappa shape index (κ1) is 11.7. The zero-order chi connectivity index (χ0) is 14.7. The second kappa shape index (κ2) is 3.24. The van der Waals surface area contributed by atoms with Gasteiger partial charge in [0.1, 0.15) is 0 Å². The number of hydrogen-bond acceptors (Lipinski definition) is 1. The Bertz CT molecular complexity index is 769. The zero-order valence-electron chi connectivity index (χ0n) is 13.1. The summed E-state index contributed by atoms with van der Waals surface area (Å²) >= 11 is 0. The van der Waals surface area contributed by atoms with Gasteiger partial charge in [-0.3, -0.25) is 0 Å². The number of pyridine rings is 1. The molecule has 2 aromatic rings. The van der Waals surface area contributed by atoms with E-state index in [-0.39, 0.29) is 0 Å². The summed E-state index contributed by atoms with van der Waals surface area (Å²) in [6.07, 6.45) is 5.69.